The van der Waals surface area contributed by atoms with Crippen LogP contribution in [0, 0.1) is 0 Å². The van der Waals surface area contributed by atoms with Gasteiger partial charge in [-0.05, 0) is 22.9 Å². The molecule has 0 aliphatic rings. The fourth-order valence-electron chi connectivity index (χ4n) is 1.91. The van der Waals surface area contributed by atoms with Crippen molar-refractivity contribution in [2.24, 2.45) is 0 Å². The normalized spacial score (nSPS) is 12.3. The van der Waals surface area contributed by atoms with Gasteiger partial charge in [-0.1, -0.05) is 18.2 Å². The van der Waals surface area contributed by atoms with Crippen LogP contribution in [0.3, 0.4) is 0 Å². The van der Waals surface area contributed by atoms with Crippen LogP contribution in [-0.2, 0) is 19.4 Å². The molecule has 0 aromatic carbocycles. The molecule has 0 unspecified atom stereocenters. The highest BCUT2D eigenvalue weighted by molar-refractivity contribution is 7.93. The van der Waals surface area contributed by atoms with E-state index in [0.717, 1.165) is 11.3 Å². The Kier molecular flexibility index (Phi) is 6.29. The Labute approximate surface area is 148 Å². The SMILES string of the molecule is C=CCNC(=O)C(=O)NC[C@@H](c1cccs1)S(=O)(=O)c1cccs1. The minimum Gasteiger partial charge on any atom is -0.346 e. The average Bonchev–Trinajstić information content (AvgIpc) is 3.25. The molecule has 0 aliphatic carbocycles. The Bertz CT molecular complexity index is 796. The molecule has 2 rings (SSSR count). The lowest BCUT2D eigenvalue weighted by molar-refractivity contribution is -0.139. The van der Waals surface area contributed by atoms with E-state index in [9.17, 15) is 18.0 Å². The molecule has 128 valence electrons. The minimum absolute atomic E-state index is 0.161. The van der Waals surface area contributed by atoms with E-state index < -0.39 is 26.9 Å². The maximum Gasteiger partial charge on any atom is 0.309 e. The Morgan fingerprint density at radius 3 is 2.38 bits per heavy atom. The molecule has 24 heavy (non-hydrogen) atoms. The lowest BCUT2D eigenvalue weighted by Gasteiger charge is -2.16. The van der Waals surface area contributed by atoms with Gasteiger partial charge in [0.25, 0.3) is 0 Å². The van der Waals surface area contributed by atoms with Crippen molar-refractivity contribution >= 4 is 44.3 Å². The van der Waals surface area contributed by atoms with Gasteiger partial charge in [-0.3, -0.25) is 9.59 Å². The summed E-state index contributed by atoms with van der Waals surface area (Å²) in [4.78, 5) is 24.0. The van der Waals surface area contributed by atoms with Gasteiger partial charge in [0, 0.05) is 18.0 Å². The first kappa shape index (κ1) is 18.4. The van der Waals surface area contributed by atoms with E-state index in [1.165, 1.54) is 23.5 Å². The molecule has 9 heteroatoms. The zero-order valence-electron chi connectivity index (χ0n) is 12.6. The van der Waals surface area contributed by atoms with Crippen molar-refractivity contribution in [2.45, 2.75) is 9.46 Å². The van der Waals surface area contributed by atoms with E-state index in [4.69, 9.17) is 0 Å². The Balaban J connectivity index is 2.16. The number of hydrogen-bond donors (Lipinski definition) is 2. The third kappa shape index (κ3) is 4.31. The molecule has 2 heterocycles. The van der Waals surface area contributed by atoms with Crippen molar-refractivity contribution in [1.29, 1.82) is 0 Å². The number of nitrogens with one attached hydrogen (secondary N) is 2. The quantitative estimate of drug-likeness (QED) is 0.562. The molecule has 1 atom stereocenters. The first-order valence-electron chi connectivity index (χ1n) is 6.94. The first-order valence-corrected chi connectivity index (χ1v) is 10.2. The summed E-state index contributed by atoms with van der Waals surface area (Å²) >= 11 is 2.41. The van der Waals surface area contributed by atoms with E-state index in [1.807, 2.05) is 0 Å². The van der Waals surface area contributed by atoms with Gasteiger partial charge >= 0.3 is 11.8 Å². The Hall–Kier alpha value is -1.97. The van der Waals surface area contributed by atoms with E-state index in [0.29, 0.717) is 4.88 Å². The van der Waals surface area contributed by atoms with E-state index in [-0.39, 0.29) is 17.3 Å². The zero-order valence-corrected chi connectivity index (χ0v) is 15.0. The van der Waals surface area contributed by atoms with E-state index in [1.54, 1.807) is 29.0 Å². The van der Waals surface area contributed by atoms with Crippen LogP contribution in [0.1, 0.15) is 10.1 Å². The molecule has 2 aromatic heterocycles. The summed E-state index contributed by atoms with van der Waals surface area (Å²) in [5, 5.41) is 7.25. The third-order valence-corrected chi connectivity index (χ3v) is 7.72. The second-order valence-electron chi connectivity index (χ2n) is 4.69. The van der Waals surface area contributed by atoms with Crippen molar-refractivity contribution < 1.29 is 18.0 Å². The fraction of sp³-hybridized carbons (Fsp3) is 0.200. The lowest BCUT2D eigenvalue weighted by atomic mass is 10.3. The van der Waals surface area contributed by atoms with Crippen molar-refractivity contribution in [2.75, 3.05) is 13.1 Å². The molecule has 0 fully saturated rings. The van der Waals surface area contributed by atoms with Crippen LogP contribution in [0.4, 0.5) is 0 Å². The highest BCUT2D eigenvalue weighted by Crippen LogP contribution is 2.33. The standard InChI is InChI=1S/C15H16N2O4S3/c1-2-7-16-14(18)15(19)17-10-12(11-5-3-8-22-11)24(20,21)13-6-4-9-23-13/h2-6,8-9,12H,1,7,10H2,(H,16,18)(H,17,19)/t12-/m0/s1. The van der Waals surface area contributed by atoms with Gasteiger partial charge in [-0.25, -0.2) is 8.42 Å². The Morgan fingerprint density at radius 1 is 1.12 bits per heavy atom. The largest absolute Gasteiger partial charge is 0.346 e. The van der Waals surface area contributed by atoms with Gasteiger partial charge < -0.3 is 10.6 Å². The smallest absolute Gasteiger partial charge is 0.309 e. The number of hydrogen-bond acceptors (Lipinski definition) is 6. The molecule has 2 N–H and O–H groups in total. The van der Waals surface area contributed by atoms with Crippen molar-refractivity contribution in [3.8, 4) is 0 Å². The number of amides is 2. The number of sulfone groups is 1. The lowest BCUT2D eigenvalue weighted by Crippen LogP contribution is -2.42. The third-order valence-electron chi connectivity index (χ3n) is 3.07. The fourth-order valence-corrected chi connectivity index (χ4v) is 5.90. The molecular formula is C15H16N2O4S3. The van der Waals surface area contributed by atoms with Gasteiger partial charge in [-0.15, -0.1) is 29.3 Å². The van der Waals surface area contributed by atoms with Crippen LogP contribution >= 0.6 is 22.7 Å². The van der Waals surface area contributed by atoms with Crippen LogP contribution in [0.5, 0.6) is 0 Å². The monoisotopic (exact) mass is 384 g/mol. The molecule has 2 aromatic rings. The van der Waals surface area contributed by atoms with Gasteiger partial charge in [0.15, 0.2) is 9.84 Å². The van der Waals surface area contributed by atoms with E-state index in [2.05, 4.69) is 17.2 Å². The van der Waals surface area contributed by atoms with Crippen LogP contribution in [0.2, 0.25) is 0 Å². The summed E-state index contributed by atoms with van der Waals surface area (Å²) in [5.74, 6) is -1.70. The number of carbonyl (C=O) groups excluding carboxylic acids is 2. The number of rotatable bonds is 7. The van der Waals surface area contributed by atoms with E-state index >= 15 is 0 Å². The molecule has 0 bridgehead atoms. The molecular weight excluding hydrogens is 368 g/mol. The molecule has 0 saturated carbocycles. The van der Waals surface area contributed by atoms with Gasteiger partial charge in [0.1, 0.15) is 9.46 Å². The maximum atomic E-state index is 12.8. The van der Waals surface area contributed by atoms with Crippen LogP contribution < -0.4 is 10.6 Å². The van der Waals surface area contributed by atoms with Crippen molar-refractivity contribution in [3.63, 3.8) is 0 Å². The molecule has 0 radical (unpaired) electrons. The second-order valence-corrected chi connectivity index (χ2v) is 8.97. The summed E-state index contributed by atoms with van der Waals surface area (Å²) < 4.78 is 25.8. The topological polar surface area (TPSA) is 92.3 Å². The van der Waals surface area contributed by atoms with Crippen LogP contribution in [-0.4, -0.2) is 33.3 Å². The van der Waals surface area contributed by atoms with Gasteiger partial charge in [-0.2, -0.15) is 0 Å². The average molecular weight is 385 g/mol. The predicted octanol–water partition coefficient (Wildman–Crippen LogP) is 1.74. The highest BCUT2D eigenvalue weighted by Gasteiger charge is 2.31. The molecule has 2 amide bonds. The predicted molar refractivity (Wildman–Crippen MR) is 94.8 cm³/mol. The van der Waals surface area contributed by atoms with Crippen molar-refractivity contribution in [1.82, 2.24) is 10.6 Å². The van der Waals surface area contributed by atoms with Crippen LogP contribution in [0.25, 0.3) is 0 Å². The summed E-state index contributed by atoms with van der Waals surface area (Å²) in [5.41, 5.74) is 0. The minimum atomic E-state index is -3.65. The summed E-state index contributed by atoms with van der Waals surface area (Å²) in [7, 11) is -3.65. The molecule has 6 nitrogen and oxygen atoms in total. The maximum absolute atomic E-state index is 12.8. The zero-order chi connectivity index (χ0) is 17.6. The van der Waals surface area contributed by atoms with Gasteiger partial charge in [0.05, 0.1) is 0 Å². The summed E-state index contributed by atoms with van der Waals surface area (Å²) in [6.45, 7) is 3.42. The first-order chi connectivity index (χ1) is 11.5. The molecule has 0 aliphatic heterocycles. The number of thiophene rings is 2. The summed E-state index contributed by atoms with van der Waals surface area (Å²) in [6.07, 6.45) is 1.45. The second kappa shape index (κ2) is 8.22. The van der Waals surface area contributed by atoms with Gasteiger partial charge in [0.2, 0.25) is 0 Å². The summed E-state index contributed by atoms with van der Waals surface area (Å²) in [6, 6.07) is 6.63. The molecule has 0 saturated heterocycles. The molecule has 0 spiro atoms. The van der Waals surface area contributed by atoms with Crippen LogP contribution in [0.15, 0.2) is 51.9 Å². The van der Waals surface area contributed by atoms with Crippen molar-refractivity contribution in [3.05, 3.63) is 52.6 Å². The number of carbonyl (C=O) groups is 2. The highest BCUT2D eigenvalue weighted by atomic mass is 32.2. The Morgan fingerprint density at radius 2 is 1.79 bits per heavy atom.